The summed E-state index contributed by atoms with van der Waals surface area (Å²) in [6.07, 6.45) is 6.55. The van der Waals surface area contributed by atoms with Gasteiger partial charge in [0.05, 0.1) is 6.54 Å². The quantitative estimate of drug-likeness (QED) is 0.462. The number of rotatable bonds is 9. The first-order chi connectivity index (χ1) is 11.0. The van der Waals surface area contributed by atoms with Crippen molar-refractivity contribution in [2.45, 2.75) is 31.7 Å². The average molecular weight is 316 g/mol. The van der Waals surface area contributed by atoms with E-state index < -0.39 is 17.9 Å². The molecule has 0 saturated heterocycles. The fraction of sp³-hybridized carbons (Fsp3) is 0.353. The third-order valence-corrected chi connectivity index (χ3v) is 3.09. The van der Waals surface area contributed by atoms with E-state index in [2.05, 4.69) is 16.6 Å². The van der Waals surface area contributed by atoms with Crippen molar-refractivity contribution in [3.05, 3.63) is 35.9 Å². The third kappa shape index (κ3) is 7.67. The molecular formula is C17H20N2O4. The van der Waals surface area contributed by atoms with E-state index in [0.29, 0.717) is 12.8 Å². The Morgan fingerprint density at radius 3 is 2.48 bits per heavy atom. The van der Waals surface area contributed by atoms with Crippen molar-refractivity contribution in [1.82, 2.24) is 10.6 Å². The van der Waals surface area contributed by atoms with Crippen molar-refractivity contribution in [1.29, 1.82) is 0 Å². The molecule has 1 aromatic rings. The second-order valence-electron chi connectivity index (χ2n) is 4.98. The molecule has 1 aromatic carbocycles. The fourth-order valence-electron chi connectivity index (χ4n) is 1.91. The lowest BCUT2D eigenvalue weighted by atomic mass is 10.1. The Hall–Kier alpha value is -2.81. The van der Waals surface area contributed by atoms with Crippen LogP contribution in [0.4, 0.5) is 0 Å². The number of carboxylic acid groups (broad SMARTS) is 1. The molecule has 0 fully saturated rings. The molecule has 0 bridgehead atoms. The highest BCUT2D eigenvalue weighted by atomic mass is 16.4. The van der Waals surface area contributed by atoms with Gasteiger partial charge in [0.2, 0.25) is 11.8 Å². The van der Waals surface area contributed by atoms with Crippen molar-refractivity contribution in [2.75, 3.05) is 6.54 Å². The van der Waals surface area contributed by atoms with Crippen LogP contribution in [-0.2, 0) is 20.8 Å². The van der Waals surface area contributed by atoms with Crippen molar-refractivity contribution < 1.29 is 19.5 Å². The van der Waals surface area contributed by atoms with E-state index in [9.17, 15) is 19.5 Å². The summed E-state index contributed by atoms with van der Waals surface area (Å²) in [7, 11) is 0. The van der Waals surface area contributed by atoms with Gasteiger partial charge in [0.15, 0.2) is 0 Å². The molecule has 0 heterocycles. The van der Waals surface area contributed by atoms with E-state index in [-0.39, 0.29) is 25.3 Å². The van der Waals surface area contributed by atoms with Crippen LogP contribution >= 0.6 is 0 Å². The number of terminal acetylenes is 1. The molecule has 0 aliphatic carbocycles. The normalized spacial score (nSPS) is 11.1. The van der Waals surface area contributed by atoms with Crippen molar-refractivity contribution in [2.24, 2.45) is 0 Å². The summed E-state index contributed by atoms with van der Waals surface area (Å²) in [6.45, 7) is -0.256. The molecule has 6 heteroatoms. The van der Waals surface area contributed by atoms with Gasteiger partial charge in [-0.2, -0.15) is 0 Å². The first kappa shape index (κ1) is 18.2. The first-order valence-corrected chi connectivity index (χ1v) is 7.29. The SMILES string of the molecule is C#CCCCC(=O)NCC(=O)NC(Cc1ccccc1)C(=O)O. The van der Waals surface area contributed by atoms with Crippen molar-refractivity contribution in [3.8, 4) is 12.3 Å². The number of hydrogen-bond acceptors (Lipinski definition) is 3. The minimum atomic E-state index is -1.12. The standard InChI is InChI=1S/C17H20N2O4/c1-2-3-5-10-15(20)18-12-16(21)19-14(17(22)23)11-13-8-6-4-7-9-13/h1,4,6-9,14H,3,5,10-12H2,(H,18,20)(H,19,21)(H,22,23). The van der Waals surface area contributed by atoms with Crippen LogP contribution in [0.2, 0.25) is 0 Å². The predicted octanol–water partition coefficient (Wildman–Crippen LogP) is 0.718. The number of nitrogens with one attached hydrogen (secondary N) is 2. The molecule has 23 heavy (non-hydrogen) atoms. The van der Waals surface area contributed by atoms with Crippen molar-refractivity contribution in [3.63, 3.8) is 0 Å². The van der Waals surface area contributed by atoms with Crippen LogP contribution in [0, 0.1) is 12.3 Å². The summed E-state index contributed by atoms with van der Waals surface area (Å²) in [4.78, 5) is 34.4. The maximum atomic E-state index is 11.8. The van der Waals surface area contributed by atoms with Crippen LogP contribution in [0.25, 0.3) is 0 Å². The van der Waals surface area contributed by atoms with Gasteiger partial charge in [-0.1, -0.05) is 30.3 Å². The van der Waals surface area contributed by atoms with Gasteiger partial charge in [-0.25, -0.2) is 4.79 Å². The summed E-state index contributed by atoms with van der Waals surface area (Å²) in [5.41, 5.74) is 0.804. The van der Waals surface area contributed by atoms with Crippen LogP contribution in [-0.4, -0.2) is 35.5 Å². The molecule has 1 rings (SSSR count). The lowest BCUT2D eigenvalue weighted by Crippen LogP contribution is -2.46. The predicted molar refractivity (Wildman–Crippen MR) is 85.4 cm³/mol. The molecule has 0 saturated carbocycles. The Kier molecular flexibility index (Phi) is 7.94. The number of carbonyl (C=O) groups is 3. The zero-order valence-electron chi connectivity index (χ0n) is 12.7. The van der Waals surface area contributed by atoms with E-state index in [0.717, 1.165) is 5.56 Å². The molecule has 122 valence electrons. The van der Waals surface area contributed by atoms with Gasteiger partial charge in [0, 0.05) is 19.3 Å². The van der Waals surface area contributed by atoms with Gasteiger partial charge in [0.1, 0.15) is 6.04 Å². The molecule has 0 radical (unpaired) electrons. The fourth-order valence-corrected chi connectivity index (χ4v) is 1.91. The average Bonchev–Trinajstić information content (AvgIpc) is 2.53. The van der Waals surface area contributed by atoms with Crippen LogP contribution in [0.15, 0.2) is 30.3 Å². The summed E-state index contributed by atoms with van der Waals surface area (Å²) in [6, 6.07) is 7.96. The van der Waals surface area contributed by atoms with E-state index in [1.54, 1.807) is 24.3 Å². The summed E-state index contributed by atoms with van der Waals surface area (Å²) < 4.78 is 0. The van der Waals surface area contributed by atoms with Gasteiger partial charge in [-0.3, -0.25) is 9.59 Å². The van der Waals surface area contributed by atoms with E-state index in [1.165, 1.54) is 0 Å². The molecule has 1 atom stereocenters. The molecule has 0 spiro atoms. The molecule has 1 unspecified atom stereocenters. The highest BCUT2D eigenvalue weighted by Crippen LogP contribution is 2.03. The Labute approximate surface area is 135 Å². The van der Waals surface area contributed by atoms with Gasteiger partial charge < -0.3 is 15.7 Å². The maximum Gasteiger partial charge on any atom is 0.326 e. The minimum Gasteiger partial charge on any atom is -0.480 e. The lowest BCUT2D eigenvalue weighted by molar-refractivity contribution is -0.141. The molecule has 0 aliphatic rings. The van der Waals surface area contributed by atoms with Gasteiger partial charge >= 0.3 is 5.97 Å². The topological polar surface area (TPSA) is 95.5 Å². The summed E-state index contributed by atoms with van der Waals surface area (Å²) in [5.74, 6) is 0.473. The molecular weight excluding hydrogens is 296 g/mol. The number of hydrogen-bond donors (Lipinski definition) is 3. The van der Waals surface area contributed by atoms with Crippen molar-refractivity contribution >= 4 is 17.8 Å². The molecule has 0 aromatic heterocycles. The van der Waals surface area contributed by atoms with Crippen LogP contribution in [0.1, 0.15) is 24.8 Å². The van der Waals surface area contributed by atoms with Gasteiger partial charge in [-0.05, 0) is 12.0 Å². The monoisotopic (exact) mass is 316 g/mol. The maximum absolute atomic E-state index is 11.8. The zero-order valence-corrected chi connectivity index (χ0v) is 12.7. The number of aliphatic carboxylic acids is 1. The van der Waals surface area contributed by atoms with Crippen LogP contribution < -0.4 is 10.6 Å². The minimum absolute atomic E-state index is 0.179. The number of amides is 2. The largest absolute Gasteiger partial charge is 0.480 e. The molecule has 3 N–H and O–H groups in total. The Morgan fingerprint density at radius 1 is 1.17 bits per heavy atom. The number of carboxylic acids is 1. The van der Waals surface area contributed by atoms with Crippen LogP contribution in [0.5, 0.6) is 0 Å². The smallest absolute Gasteiger partial charge is 0.326 e. The van der Waals surface area contributed by atoms with Gasteiger partial charge in [-0.15, -0.1) is 12.3 Å². The molecule has 6 nitrogen and oxygen atoms in total. The summed E-state index contributed by atoms with van der Waals surface area (Å²) >= 11 is 0. The Balaban J connectivity index is 2.41. The third-order valence-electron chi connectivity index (χ3n) is 3.09. The first-order valence-electron chi connectivity index (χ1n) is 7.29. The highest BCUT2D eigenvalue weighted by molar-refractivity contribution is 5.87. The van der Waals surface area contributed by atoms with E-state index in [1.807, 2.05) is 6.07 Å². The number of unbranched alkanes of at least 4 members (excludes halogenated alkanes) is 1. The Bertz CT molecular complexity index is 578. The van der Waals surface area contributed by atoms with Crippen LogP contribution in [0.3, 0.4) is 0 Å². The van der Waals surface area contributed by atoms with E-state index >= 15 is 0 Å². The highest BCUT2D eigenvalue weighted by Gasteiger charge is 2.20. The van der Waals surface area contributed by atoms with Gasteiger partial charge in [0.25, 0.3) is 0 Å². The Morgan fingerprint density at radius 2 is 1.87 bits per heavy atom. The zero-order chi connectivity index (χ0) is 17.1. The van der Waals surface area contributed by atoms with E-state index in [4.69, 9.17) is 6.42 Å². The molecule has 2 amide bonds. The molecule has 0 aliphatic heterocycles. The second kappa shape index (κ2) is 10.0. The lowest BCUT2D eigenvalue weighted by Gasteiger charge is -2.15. The number of carbonyl (C=O) groups excluding carboxylic acids is 2. The second-order valence-corrected chi connectivity index (χ2v) is 4.98. The number of benzene rings is 1. The summed E-state index contributed by atoms with van der Waals surface area (Å²) in [5, 5.41) is 14.0.